The van der Waals surface area contributed by atoms with Crippen LogP contribution in [0.3, 0.4) is 0 Å². The van der Waals surface area contributed by atoms with E-state index in [2.05, 4.69) is 4.74 Å². The molecule has 0 amide bonds. The first kappa shape index (κ1) is 30.5. The summed E-state index contributed by atoms with van der Waals surface area (Å²) in [7, 11) is 0. The fourth-order valence-corrected chi connectivity index (χ4v) is 2.11. The third kappa shape index (κ3) is 4.34. The van der Waals surface area contributed by atoms with E-state index in [0.717, 1.165) is 24.3 Å². The number of benzene rings is 1. The second kappa shape index (κ2) is 8.56. The highest BCUT2D eigenvalue weighted by molar-refractivity contribution is 5.79. The minimum Gasteiger partial charge on any atom is -0.456 e. The van der Waals surface area contributed by atoms with Crippen LogP contribution >= 0.6 is 0 Å². The molecule has 2 nitrogen and oxygen atoms in total. The van der Waals surface area contributed by atoms with Gasteiger partial charge in [0.1, 0.15) is 6.61 Å². The molecule has 0 saturated carbocycles. The average molecular weight is 554 g/mol. The molecule has 1 aromatic carbocycles. The maximum absolute atomic E-state index is 13.6. The minimum atomic E-state index is -8.75. The lowest BCUT2D eigenvalue weighted by molar-refractivity contribution is -0.460. The molecule has 0 heterocycles. The number of rotatable bonds is 9. The molecule has 1 aromatic rings. The highest BCUT2D eigenvalue weighted by Gasteiger charge is 2.95. The van der Waals surface area contributed by atoms with E-state index < -0.39 is 60.2 Å². The Bertz CT molecular complexity index is 904. The number of halogens is 17. The lowest BCUT2D eigenvalue weighted by Gasteiger charge is -2.42. The Morgan fingerprint density at radius 1 is 0.543 bits per heavy atom. The van der Waals surface area contributed by atoms with E-state index in [0.29, 0.717) is 0 Å². The number of ether oxygens (including phenoxy) is 1. The predicted molar refractivity (Wildman–Crippen MR) is 76.9 cm³/mol. The van der Waals surface area contributed by atoms with Gasteiger partial charge in [0.25, 0.3) is 0 Å². The van der Waals surface area contributed by atoms with Gasteiger partial charge in [0.2, 0.25) is 0 Å². The van der Waals surface area contributed by atoms with Gasteiger partial charge in [-0.1, -0.05) is 30.3 Å². The Balaban J connectivity index is 3.47. The van der Waals surface area contributed by atoms with Gasteiger partial charge < -0.3 is 4.74 Å². The topological polar surface area (TPSA) is 26.3 Å². The number of hydrogen-bond donors (Lipinski definition) is 0. The summed E-state index contributed by atoms with van der Waals surface area (Å²) in [5, 5.41) is 0. The Morgan fingerprint density at radius 2 is 0.886 bits per heavy atom. The number of alkyl halides is 17. The molecule has 0 aromatic heterocycles. The van der Waals surface area contributed by atoms with Crippen LogP contribution in [0.2, 0.25) is 0 Å². The van der Waals surface area contributed by atoms with E-state index in [9.17, 15) is 79.4 Å². The largest absolute Gasteiger partial charge is 0.460 e. The molecule has 0 aliphatic heterocycles. The third-order valence-corrected chi connectivity index (χ3v) is 4.19. The summed E-state index contributed by atoms with van der Waals surface area (Å²) in [6.45, 7) is -1.43. The number of carbonyl (C=O) groups excluding carboxylic acids is 1. The summed E-state index contributed by atoms with van der Waals surface area (Å²) >= 11 is 0. The van der Waals surface area contributed by atoms with Gasteiger partial charge in [-0.25, -0.2) is 4.79 Å². The van der Waals surface area contributed by atoms with E-state index in [4.69, 9.17) is 0 Å². The monoisotopic (exact) mass is 554 g/mol. The molecule has 0 bridgehead atoms. The zero-order chi connectivity index (χ0) is 28.1. The van der Waals surface area contributed by atoms with Gasteiger partial charge in [-0.2, -0.15) is 74.6 Å². The molecule has 0 saturated heterocycles. The van der Waals surface area contributed by atoms with Crippen molar-refractivity contribution >= 4 is 5.97 Å². The summed E-state index contributed by atoms with van der Waals surface area (Å²) in [6, 6.07) is 5.44. The highest BCUT2D eigenvalue weighted by Crippen LogP contribution is 2.64. The molecular formula is C16H7F17O2. The van der Waals surface area contributed by atoms with Crippen molar-refractivity contribution < 1.29 is 84.2 Å². The first-order chi connectivity index (χ1) is 15.2. The zero-order valence-electron chi connectivity index (χ0n) is 15.8. The molecule has 0 spiro atoms. The molecule has 0 aliphatic carbocycles. The first-order valence-electron chi connectivity index (χ1n) is 8.17. The van der Waals surface area contributed by atoms with E-state index in [1.165, 1.54) is 6.07 Å². The molecule has 0 unspecified atom stereocenters. The molecule has 19 heteroatoms. The standard InChI is InChI=1S/C16H7F17O2/c17-9(18,8(34)35-6-7-4-2-1-3-5-7)10(19,20)11(21,22)12(23,24)13(25,26)14(27,28)15(29,30)16(31,32)33/h1-5H,6H2. The highest BCUT2D eigenvalue weighted by atomic mass is 19.4. The van der Waals surface area contributed by atoms with Crippen LogP contribution in [0.4, 0.5) is 74.6 Å². The smallest absolute Gasteiger partial charge is 0.456 e. The van der Waals surface area contributed by atoms with Gasteiger partial charge in [-0.05, 0) is 5.56 Å². The van der Waals surface area contributed by atoms with Crippen molar-refractivity contribution in [2.45, 2.75) is 54.2 Å². The molecule has 1 rings (SSSR count). The number of hydrogen-bond acceptors (Lipinski definition) is 2. The Labute approximate surface area is 181 Å². The number of carbonyl (C=O) groups is 1. The molecule has 0 radical (unpaired) electrons. The van der Waals surface area contributed by atoms with E-state index >= 15 is 0 Å². The van der Waals surface area contributed by atoms with Crippen LogP contribution < -0.4 is 0 Å². The van der Waals surface area contributed by atoms with Crippen molar-refractivity contribution in [2.75, 3.05) is 0 Å². The lowest BCUT2D eigenvalue weighted by Crippen LogP contribution is -2.75. The molecule has 0 aliphatic rings. The van der Waals surface area contributed by atoms with Crippen LogP contribution in [0, 0.1) is 0 Å². The van der Waals surface area contributed by atoms with Crippen LogP contribution in [-0.2, 0) is 16.1 Å². The Hall–Kier alpha value is -2.50. The quantitative estimate of drug-likeness (QED) is 0.250. The second-order valence-electron chi connectivity index (χ2n) is 6.58. The summed E-state index contributed by atoms with van der Waals surface area (Å²) in [6.07, 6.45) is -7.83. The summed E-state index contributed by atoms with van der Waals surface area (Å²) in [4.78, 5) is 11.2. The molecule has 0 N–H and O–H groups in total. The second-order valence-corrected chi connectivity index (χ2v) is 6.58. The maximum Gasteiger partial charge on any atom is 0.460 e. The third-order valence-electron chi connectivity index (χ3n) is 4.19. The van der Waals surface area contributed by atoms with Crippen LogP contribution in [0.25, 0.3) is 0 Å². The van der Waals surface area contributed by atoms with Crippen molar-refractivity contribution in [2.24, 2.45) is 0 Å². The van der Waals surface area contributed by atoms with Crippen molar-refractivity contribution in [3.05, 3.63) is 35.9 Å². The van der Waals surface area contributed by atoms with Gasteiger partial charge in [0.15, 0.2) is 0 Å². The van der Waals surface area contributed by atoms with Crippen molar-refractivity contribution in [3.8, 4) is 0 Å². The molecule has 0 atom stereocenters. The summed E-state index contributed by atoms with van der Waals surface area (Å²) in [5.41, 5.74) is -0.308. The lowest BCUT2D eigenvalue weighted by atomic mass is 9.89. The van der Waals surface area contributed by atoms with Crippen molar-refractivity contribution in [1.29, 1.82) is 0 Å². The zero-order valence-corrected chi connectivity index (χ0v) is 15.8. The molecule has 35 heavy (non-hydrogen) atoms. The Kier molecular flexibility index (Phi) is 7.47. The SMILES string of the molecule is O=C(OCc1ccccc1)C(F)(F)C(F)(F)C(F)(F)C(F)(F)C(F)(F)C(F)(F)C(F)(F)C(F)(F)F. The summed E-state index contributed by atoms with van der Waals surface area (Å²) in [5.74, 6) is -62.0. The van der Waals surface area contributed by atoms with Crippen LogP contribution in [0.1, 0.15) is 5.56 Å². The predicted octanol–water partition coefficient (Wildman–Crippen LogP) is 6.74. The van der Waals surface area contributed by atoms with Crippen molar-refractivity contribution in [1.82, 2.24) is 0 Å². The van der Waals surface area contributed by atoms with Crippen molar-refractivity contribution in [3.63, 3.8) is 0 Å². The molecule has 202 valence electrons. The van der Waals surface area contributed by atoms with E-state index in [1.54, 1.807) is 0 Å². The Morgan fingerprint density at radius 3 is 1.26 bits per heavy atom. The normalized spacial score (nSPS) is 15.2. The summed E-state index contributed by atoms with van der Waals surface area (Å²) < 4.78 is 226. The van der Waals surface area contributed by atoms with Gasteiger partial charge >= 0.3 is 53.6 Å². The van der Waals surface area contributed by atoms with Gasteiger partial charge in [0, 0.05) is 0 Å². The number of esters is 1. The van der Waals surface area contributed by atoms with Crippen LogP contribution in [0.15, 0.2) is 30.3 Å². The molecule has 0 fully saturated rings. The maximum atomic E-state index is 13.6. The van der Waals surface area contributed by atoms with Gasteiger partial charge in [0.05, 0.1) is 0 Å². The van der Waals surface area contributed by atoms with Crippen LogP contribution in [-0.4, -0.2) is 53.6 Å². The fourth-order valence-electron chi connectivity index (χ4n) is 2.11. The minimum absolute atomic E-state index is 0.308. The van der Waals surface area contributed by atoms with E-state index in [1.807, 2.05) is 0 Å². The van der Waals surface area contributed by atoms with Crippen LogP contribution in [0.5, 0.6) is 0 Å². The van der Waals surface area contributed by atoms with E-state index in [-0.39, 0.29) is 5.56 Å². The molecular weight excluding hydrogens is 547 g/mol. The van der Waals surface area contributed by atoms with Gasteiger partial charge in [-0.15, -0.1) is 0 Å². The average Bonchev–Trinajstić information content (AvgIpc) is 2.70. The fraction of sp³-hybridized carbons (Fsp3) is 0.562. The first-order valence-corrected chi connectivity index (χ1v) is 8.17. The van der Waals surface area contributed by atoms with Gasteiger partial charge in [-0.3, -0.25) is 0 Å².